The van der Waals surface area contributed by atoms with Gasteiger partial charge in [0.2, 0.25) is 0 Å². The van der Waals surface area contributed by atoms with Gasteiger partial charge in [-0.15, -0.1) is 0 Å². The lowest BCUT2D eigenvalue weighted by atomic mass is 10.1. The van der Waals surface area contributed by atoms with Crippen LogP contribution in [0.25, 0.3) is 0 Å². The third kappa shape index (κ3) is 3.68. The Kier molecular flexibility index (Phi) is 4.96. The number of nitrogens with one attached hydrogen (secondary N) is 1. The van der Waals surface area contributed by atoms with Gasteiger partial charge >= 0.3 is 0 Å². The molecule has 0 aromatic carbocycles. The minimum atomic E-state index is 0.318. The van der Waals surface area contributed by atoms with Crippen LogP contribution in [-0.2, 0) is 6.54 Å². The summed E-state index contributed by atoms with van der Waals surface area (Å²) < 4.78 is 0. The quantitative estimate of drug-likeness (QED) is 0.806. The van der Waals surface area contributed by atoms with Crippen LogP contribution in [0.2, 0.25) is 0 Å². The summed E-state index contributed by atoms with van der Waals surface area (Å²) in [6, 6.07) is 4.21. The van der Waals surface area contributed by atoms with Crippen LogP contribution in [0.3, 0.4) is 0 Å². The van der Waals surface area contributed by atoms with Crippen molar-refractivity contribution >= 4 is 5.82 Å². The van der Waals surface area contributed by atoms with Crippen molar-refractivity contribution in [2.45, 2.75) is 26.3 Å². The number of anilines is 1. The van der Waals surface area contributed by atoms with Gasteiger partial charge in [0.15, 0.2) is 0 Å². The maximum Gasteiger partial charge on any atom is 0.126 e. The molecule has 0 bridgehead atoms. The number of aliphatic hydroxyl groups excluding tert-OH is 1. The van der Waals surface area contributed by atoms with Crippen molar-refractivity contribution in [2.75, 3.05) is 31.6 Å². The number of nitrogens with zero attached hydrogens (tertiary/aromatic N) is 2. The van der Waals surface area contributed by atoms with E-state index in [1.54, 1.807) is 0 Å². The van der Waals surface area contributed by atoms with Crippen LogP contribution < -0.4 is 5.32 Å². The van der Waals surface area contributed by atoms with Gasteiger partial charge in [0.25, 0.3) is 0 Å². The van der Waals surface area contributed by atoms with Crippen LogP contribution in [0.15, 0.2) is 18.3 Å². The Labute approximate surface area is 109 Å². The van der Waals surface area contributed by atoms with Gasteiger partial charge in [0.05, 0.1) is 0 Å². The molecule has 2 heterocycles. The van der Waals surface area contributed by atoms with Crippen molar-refractivity contribution < 1.29 is 5.11 Å². The number of aromatic nitrogens is 1. The highest BCUT2D eigenvalue weighted by Crippen LogP contribution is 2.21. The zero-order valence-electron chi connectivity index (χ0n) is 11.1. The molecule has 1 unspecified atom stereocenters. The SMILES string of the molecule is CCNc1cc(CN2CCC(CCO)C2)ccn1. The molecule has 1 aromatic rings. The predicted molar refractivity (Wildman–Crippen MR) is 73.5 cm³/mol. The minimum absolute atomic E-state index is 0.318. The second kappa shape index (κ2) is 6.71. The van der Waals surface area contributed by atoms with Crippen molar-refractivity contribution in [3.05, 3.63) is 23.9 Å². The van der Waals surface area contributed by atoms with Crippen molar-refractivity contribution in [3.8, 4) is 0 Å². The molecule has 0 spiro atoms. The molecule has 4 nitrogen and oxygen atoms in total. The van der Waals surface area contributed by atoms with E-state index in [9.17, 15) is 0 Å². The summed E-state index contributed by atoms with van der Waals surface area (Å²) in [4.78, 5) is 6.75. The van der Waals surface area contributed by atoms with Gasteiger partial charge in [-0.1, -0.05) is 0 Å². The Morgan fingerprint density at radius 2 is 2.44 bits per heavy atom. The standard InChI is InChI=1S/C14H23N3O/c1-2-15-14-9-13(3-6-16-14)11-17-7-4-12(10-17)5-8-18/h3,6,9,12,18H,2,4-5,7-8,10-11H2,1H3,(H,15,16). The molecule has 2 N–H and O–H groups in total. The van der Waals surface area contributed by atoms with E-state index in [0.717, 1.165) is 38.4 Å². The average Bonchev–Trinajstić information content (AvgIpc) is 2.78. The summed E-state index contributed by atoms with van der Waals surface area (Å²) in [7, 11) is 0. The Balaban J connectivity index is 1.88. The topological polar surface area (TPSA) is 48.4 Å². The molecule has 18 heavy (non-hydrogen) atoms. The summed E-state index contributed by atoms with van der Waals surface area (Å²) in [5.74, 6) is 1.63. The average molecular weight is 249 g/mol. The van der Waals surface area contributed by atoms with Crippen molar-refractivity contribution in [1.82, 2.24) is 9.88 Å². The van der Waals surface area contributed by atoms with E-state index in [-0.39, 0.29) is 0 Å². The van der Waals surface area contributed by atoms with E-state index in [1.807, 2.05) is 6.20 Å². The normalized spacial score (nSPS) is 20.2. The summed E-state index contributed by atoms with van der Waals surface area (Å²) in [6.45, 7) is 6.54. The molecule has 1 saturated heterocycles. The minimum Gasteiger partial charge on any atom is -0.396 e. The monoisotopic (exact) mass is 249 g/mol. The highest BCUT2D eigenvalue weighted by atomic mass is 16.3. The molecule has 4 heteroatoms. The molecule has 1 fully saturated rings. The number of likely N-dealkylation sites (tertiary alicyclic amines) is 1. The zero-order valence-corrected chi connectivity index (χ0v) is 11.1. The fourth-order valence-corrected chi connectivity index (χ4v) is 2.58. The fourth-order valence-electron chi connectivity index (χ4n) is 2.58. The molecule has 0 aliphatic carbocycles. The molecule has 1 aliphatic heterocycles. The van der Waals surface area contributed by atoms with E-state index in [1.165, 1.54) is 12.0 Å². The van der Waals surface area contributed by atoms with Gasteiger partial charge in [-0.05, 0) is 49.9 Å². The molecule has 1 aromatic heterocycles. The fraction of sp³-hybridized carbons (Fsp3) is 0.643. The molecule has 2 rings (SSSR count). The Hall–Kier alpha value is -1.13. The van der Waals surface area contributed by atoms with E-state index < -0.39 is 0 Å². The first kappa shape index (κ1) is 13.3. The maximum atomic E-state index is 8.96. The van der Waals surface area contributed by atoms with Gasteiger partial charge in [-0.2, -0.15) is 0 Å². The number of hydrogen-bond donors (Lipinski definition) is 2. The largest absolute Gasteiger partial charge is 0.396 e. The molecular weight excluding hydrogens is 226 g/mol. The van der Waals surface area contributed by atoms with Gasteiger partial charge in [0.1, 0.15) is 5.82 Å². The van der Waals surface area contributed by atoms with Crippen molar-refractivity contribution in [2.24, 2.45) is 5.92 Å². The molecule has 1 aliphatic rings. The first-order chi connectivity index (χ1) is 8.81. The lowest BCUT2D eigenvalue weighted by Gasteiger charge is -2.16. The van der Waals surface area contributed by atoms with Crippen LogP contribution in [0.4, 0.5) is 5.82 Å². The van der Waals surface area contributed by atoms with Crippen LogP contribution in [0.5, 0.6) is 0 Å². The zero-order chi connectivity index (χ0) is 12.8. The second-order valence-corrected chi connectivity index (χ2v) is 4.98. The Bertz CT molecular complexity index is 370. The Morgan fingerprint density at radius 1 is 1.56 bits per heavy atom. The van der Waals surface area contributed by atoms with Crippen molar-refractivity contribution in [3.63, 3.8) is 0 Å². The van der Waals surface area contributed by atoms with Gasteiger partial charge < -0.3 is 10.4 Å². The van der Waals surface area contributed by atoms with E-state index in [4.69, 9.17) is 5.11 Å². The van der Waals surface area contributed by atoms with Crippen molar-refractivity contribution in [1.29, 1.82) is 0 Å². The molecule has 1 atom stereocenters. The number of pyridine rings is 1. The summed E-state index contributed by atoms with van der Waals surface area (Å²) in [6.07, 6.45) is 4.02. The lowest BCUT2D eigenvalue weighted by molar-refractivity contribution is 0.249. The first-order valence-corrected chi connectivity index (χ1v) is 6.84. The predicted octanol–water partition coefficient (Wildman–Crippen LogP) is 1.72. The number of aliphatic hydroxyl groups is 1. The third-order valence-corrected chi connectivity index (χ3v) is 3.50. The summed E-state index contributed by atoms with van der Waals surface area (Å²) >= 11 is 0. The summed E-state index contributed by atoms with van der Waals surface area (Å²) in [5.41, 5.74) is 1.31. The van der Waals surface area contributed by atoms with Crippen LogP contribution in [0.1, 0.15) is 25.3 Å². The van der Waals surface area contributed by atoms with Crippen LogP contribution >= 0.6 is 0 Å². The van der Waals surface area contributed by atoms with Gasteiger partial charge in [-0.3, -0.25) is 4.90 Å². The molecule has 100 valence electrons. The van der Waals surface area contributed by atoms with Gasteiger partial charge in [-0.25, -0.2) is 4.98 Å². The van der Waals surface area contributed by atoms with Crippen LogP contribution in [0, 0.1) is 5.92 Å². The second-order valence-electron chi connectivity index (χ2n) is 4.98. The molecule has 0 radical (unpaired) electrons. The van der Waals surface area contributed by atoms with Crippen LogP contribution in [-0.4, -0.2) is 41.2 Å². The van der Waals surface area contributed by atoms with E-state index >= 15 is 0 Å². The van der Waals surface area contributed by atoms with E-state index in [2.05, 4.69) is 34.3 Å². The van der Waals surface area contributed by atoms with E-state index in [0.29, 0.717) is 12.5 Å². The molecular formula is C14H23N3O. The molecule has 0 amide bonds. The molecule has 0 saturated carbocycles. The third-order valence-electron chi connectivity index (χ3n) is 3.50. The Morgan fingerprint density at radius 3 is 3.22 bits per heavy atom. The number of rotatable bonds is 6. The first-order valence-electron chi connectivity index (χ1n) is 6.84. The van der Waals surface area contributed by atoms with Gasteiger partial charge in [0, 0.05) is 32.4 Å². The number of hydrogen-bond acceptors (Lipinski definition) is 4. The summed E-state index contributed by atoms with van der Waals surface area (Å²) in [5, 5.41) is 12.2. The lowest BCUT2D eigenvalue weighted by Crippen LogP contribution is -2.20. The highest BCUT2D eigenvalue weighted by Gasteiger charge is 2.21. The smallest absolute Gasteiger partial charge is 0.126 e. The highest BCUT2D eigenvalue weighted by molar-refractivity contribution is 5.37. The maximum absolute atomic E-state index is 8.96.